The summed E-state index contributed by atoms with van der Waals surface area (Å²) in [5.41, 5.74) is 0.672. The minimum Gasteiger partial charge on any atom is -0.323 e. The van der Waals surface area contributed by atoms with Crippen LogP contribution in [0.4, 0.5) is 5.69 Å². The van der Waals surface area contributed by atoms with Gasteiger partial charge in [0.05, 0.1) is 4.90 Å². The third kappa shape index (κ3) is 3.73. The van der Waals surface area contributed by atoms with Crippen molar-refractivity contribution in [2.75, 3.05) is 31.5 Å². The highest BCUT2D eigenvalue weighted by atomic mass is 32.2. The van der Waals surface area contributed by atoms with Crippen LogP contribution in [0.3, 0.4) is 0 Å². The van der Waals surface area contributed by atoms with Gasteiger partial charge in [0.2, 0.25) is 5.91 Å². The van der Waals surface area contributed by atoms with E-state index in [1.54, 1.807) is 24.3 Å². The summed E-state index contributed by atoms with van der Waals surface area (Å²) in [4.78, 5) is 11.9. The van der Waals surface area contributed by atoms with E-state index in [1.807, 2.05) is 4.31 Å². The quantitative estimate of drug-likeness (QED) is 0.799. The SMILES string of the molecule is C=CC(=O)Nc1ccc(S(=O)N2CCNCC2)cc1. The lowest BCUT2D eigenvalue weighted by Crippen LogP contribution is -2.44. The Morgan fingerprint density at radius 3 is 2.53 bits per heavy atom. The minimum atomic E-state index is -1.13. The molecule has 1 amide bonds. The number of benzene rings is 1. The number of hydrogen-bond donors (Lipinski definition) is 2. The summed E-state index contributed by atoms with van der Waals surface area (Å²) in [6.07, 6.45) is 1.22. The molecule has 1 aliphatic rings. The molecule has 1 aromatic carbocycles. The van der Waals surface area contributed by atoms with Gasteiger partial charge in [-0.3, -0.25) is 4.79 Å². The molecule has 2 rings (SSSR count). The Labute approximate surface area is 115 Å². The number of nitrogens with one attached hydrogen (secondary N) is 2. The first-order valence-corrected chi connectivity index (χ1v) is 7.22. The van der Waals surface area contributed by atoms with Crippen LogP contribution in [0, 0.1) is 0 Å². The Kier molecular flexibility index (Phi) is 4.84. The molecule has 1 heterocycles. The van der Waals surface area contributed by atoms with Gasteiger partial charge in [0.1, 0.15) is 11.0 Å². The lowest BCUT2D eigenvalue weighted by Gasteiger charge is -2.25. The van der Waals surface area contributed by atoms with Crippen LogP contribution in [0.15, 0.2) is 41.8 Å². The molecule has 0 aliphatic carbocycles. The van der Waals surface area contributed by atoms with Gasteiger partial charge in [0.25, 0.3) is 0 Å². The number of hydrogen-bond acceptors (Lipinski definition) is 3. The number of piperazine rings is 1. The molecule has 19 heavy (non-hydrogen) atoms. The zero-order chi connectivity index (χ0) is 13.7. The van der Waals surface area contributed by atoms with Crippen molar-refractivity contribution in [2.45, 2.75) is 4.90 Å². The summed E-state index contributed by atoms with van der Waals surface area (Å²) in [7, 11) is -1.13. The molecule has 0 spiro atoms. The maximum absolute atomic E-state index is 12.3. The van der Waals surface area contributed by atoms with Gasteiger partial charge in [-0.25, -0.2) is 8.51 Å². The smallest absolute Gasteiger partial charge is 0.247 e. The normalized spacial score (nSPS) is 17.7. The molecule has 1 atom stereocenters. The van der Waals surface area contributed by atoms with Crippen molar-refractivity contribution in [3.05, 3.63) is 36.9 Å². The zero-order valence-electron chi connectivity index (χ0n) is 10.6. The van der Waals surface area contributed by atoms with Crippen LogP contribution in [0.5, 0.6) is 0 Å². The van der Waals surface area contributed by atoms with E-state index in [4.69, 9.17) is 0 Å². The average molecular weight is 279 g/mol. The molecule has 0 bridgehead atoms. The van der Waals surface area contributed by atoms with E-state index < -0.39 is 11.0 Å². The van der Waals surface area contributed by atoms with Crippen molar-refractivity contribution in [2.24, 2.45) is 0 Å². The zero-order valence-corrected chi connectivity index (χ0v) is 11.4. The minimum absolute atomic E-state index is 0.254. The van der Waals surface area contributed by atoms with Gasteiger partial charge >= 0.3 is 0 Å². The van der Waals surface area contributed by atoms with Gasteiger partial charge in [0, 0.05) is 31.9 Å². The number of nitrogens with zero attached hydrogens (tertiary/aromatic N) is 1. The highest BCUT2D eigenvalue weighted by Gasteiger charge is 2.17. The summed E-state index contributed by atoms with van der Waals surface area (Å²) in [5, 5.41) is 5.88. The van der Waals surface area contributed by atoms with E-state index in [1.165, 1.54) is 6.08 Å². The predicted molar refractivity (Wildman–Crippen MR) is 76.1 cm³/mol. The van der Waals surface area contributed by atoms with Gasteiger partial charge < -0.3 is 10.6 Å². The van der Waals surface area contributed by atoms with Crippen molar-refractivity contribution in [1.82, 2.24) is 9.62 Å². The number of carbonyl (C=O) groups excluding carboxylic acids is 1. The van der Waals surface area contributed by atoms with E-state index in [9.17, 15) is 9.00 Å². The summed E-state index contributed by atoms with van der Waals surface area (Å²) in [5.74, 6) is -0.254. The number of rotatable bonds is 4. The van der Waals surface area contributed by atoms with Crippen molar-refractivity contribution < 1.29 is 9.00 Å². The maximum Gasteiger partial charge on any atom is 0.247 e. The Balaban J connectivity index is 2.02. The van der Waals surface area contributed by atoms with Crippen molar-refractivity contribution >= 4 is 22.6 Å². The molecule has 2 N–H and O–H groups in total. The Bertz CT molecular complexity index is 481. The fourth-order valence-corrected chi connectivity index (χ4v) is 2.99. The molecule has 1 aromatic rings. The molecular weight excluding hydrogens is 262 g/mol. The fourth-order valence-electron chi connectivity index (χ4n) is 1.81. The summed E-state index contributed by atoms with van der Waals surface area (Å²) >= 11 is 0. The Morgan fingerprint density at radius 2 is 1.95 bits per heavy atom. The molecular formula is C13H17N3O2S. The van der Waals surface area contributed by atoms with Gasteiger partial charge in [-0.2, -0.15) is 0 Å². The first-order chi connectivity index (χ1) is 9.20. The first kappa shape index (κ1) is 13.9. The molecule has 5 nitrogen and oxygen atoms in total. The molecule has 1 saturated heterocycles. The van der Waals surface area contributed by atoms with Crippen LogP contribution in [0.2, 0.25) is 0 Å². The maximum atomic E-state index is 12.3. The molecule has 1 aliphatic heterocycles. The Morgan fingerprint density at radius 1 is 1.32 bits per heavy atom. The first-order valence-electron chi connectivity index (χ1n) is 6.12. The topological polar surface area (TPSA) is 61.4 Å². The van der Waals surface area contributed by atoms with E-state index in [0.717, 1.165) is 31.1 Å². The van der Waals surface area contributed by atoms with Crippen LogP contribution < -0.4 is 10.6 Å². The molecule has 0 saturated carbocycles. The van der Waals surface area contributed by atoms with Gasteiger partial charge in [-0.05, 0) is 30.3 Å². The van der Waals surface area contributed by atoms with Crippen LogP contribution in [0.1, 0.15) is 0 Å². The van der Waals surface area contributed by atoms with Gasteiger partial charge in [-0.1, -0.05) is 6.58 Å². The van der Waals surface area contributed by atoms with Gasteiger partial charge in [-0.15, -0.1) is 0 Å². The average Bonchev–Trinajstić information content (AvgIpc) is 2.48. The van der Waals surface area contributed by atoms with Crippen LogP contribution >= 0.6 is 0 Å². The second kappa shape index (κ2) is 6.60. The fraction of sp³-hybridized carbons (Fsp3) is 0.308. The summed E-state index contributed by atoms with van der Waals surface area (Å²) < 4.78 is 14.2. The van der Waals surface area contributed by atoms with E-state index in [-0.39, 0.29) is 5.91 Å². The van der Waals surface area contributed by atoms with Crippen LogP contribution in [0.25, 0.3) is 0 Å². The summed E-state index contributed by atoms with van der Waals surface area (Å²) in [6, 6.07) is 7.04. The second-order valence-corrected chi connectivity index (χ2v) is 5.63. The van der Waals surface area contributed by atoms with Crippen molar-refractivity contribution in [3.63, 3.8) is 0 Å². The highest BCUT2D eigenvalue weighted by Crippen LogP contribution is 2.15. The molecule has 1 unspecified atom stereocenters. The third-order valence-corrected chi connectivity index (χ3v) is 4.33. The molecule has 0 aromatic heterocycles. The Hall–Kier alpha value is -1.50. The molecule has 102 valence electrons. The van der Waals surface area contributed by atoms with E-state index in [2.05, 4.69) is 17.2 Å². The highest BCUT2D eigenvalue weighted by molar-refractivity contribution is 7.82. The van der Waals surface area contributed by atoms with Crippen molar-refractivity contribution in [3.8, 4) is 0 Å². The van der Waals surface area contributed by atoms with Crippen molar-refractivity contribution in [1.29, 1.82) is 0 Å². The largest absolute Gasteiger partial charge is 0.323 e. The number of anilines is 1. The third-order valence-electron chi connectivity index (χ3n) is 2.82. The lowest BCUT2D eigenvalue weighted by atomic mass is 10.3. The standard InChI is InChI=1S/C13H17N3O2S/c1-2-13(17)15-11-3-5-12(6-4-11)19(18)16-9-7-14-8-10-16/h2-6,14H,1,7-10H2,(H,15,17). The second-order valence-electron chi connectivity index (χ2n) is 4.15. The van der Waals surface area contributed by atoms with Crippen LogP contribution in [-0.2, 0) is 15.8 Å². The molecule has 0 radical (unpaired) electrons. The predicted octanol–water partition coefficient (Wildman–Crippen LogP) is 0.739. The molecule has 6 heteroatoms. The van der Waals surface area contributed by atoms with E-state index >= 15 is 0 Å². The lowest BCUT2D eigenvalue weighted by molar-refractivity contribution is -0.111. The number of amides is 1. The number of carbonyl (C=O) groups is 1. The summed E-state index contributed by atoms with van der Waals surface area (Å²) in [6.45, 7) is 6.67. The van der Waals surface area contributed by atoms with Crippen LogP contribution in [-0.4, -0.2) is 40.6 Å². The van der Waals surface area contributed by atoms with Gasteiger partial charge in [0.15, 0.2) is 0 Å². The monoisotopic (exact) mass is 279 g/mol. The van der Waals surface area contributed by atoms with E-state index in [0.29, 0.717) is 5.69 Å². The molecule has 1 fully saturated rings.